The zero-order chi connectivity index (χ0) is 11.6. The van der Waals surface area contributed by atoms with Gasteiger partial charge < -0.3 is 5.32 Å². The van der Waals surface area contributed by atoms with Gasteiger partial charge in [0, 0.05) is 31.2 Å². The average Bonchev–Trinajstić information content (AvgIpc) is 3.08. The molecule has 1 aliphatic carbocycles. The fourth-order valence-electron chi connectivity index (χ4n) is 2.84. The predicted molar refractivity (Wildman–Crippen MR) is 69.6 cm³/mol. The van der Waals surface area contributed by atoms with Gasteiger partial charge in [-0.1, -0.05) is 12.2 Å². The zero-order valence-electron chi connectivity index (χ0n) is 11.0. The summed E-state index contributed by atoms with van der Waals surface area (Å²) in [6.45, 7) is 10.5. The van der Waals surface area contributed by atoms with E-state index < -0.39 is 0 Å². The molecule has 92 valence electrons. The van der Waals surface area contributed by atoms with E-state index in [9.17, 15) is 0 Å². The van der Waals surface area contributed by atoms with E-state index in [2.05, 4.69) is 43.1 Å². The molecule has 0 aromatic carbocycles. The Kier molecular flexibility index (Phi) is 3.70. The van der Waals surface area contributed by atoms with Crippen molar-refractivity contribution in [3.8, 4) is 0 Å². The van der Waals surface area contributed by atoms with E-state index in [0.29, 0.717) is 11.6 Å². The molecule has 1 saturated heterocycles. The monoisotopic (exact) mass is 222 g/mol. The van der Waals surface area contributed by atoms with Crippen molar-refractivity contribution in [2.45, 2.75) is 51.6 Å². The van der Waals surface area contributed by atoms with E-state index in [-0.39, 0.29) is 0 Å². The molecular formula is C14H26N2. The number of hydrogen-bond acceptors (Lipinski definition) is 2. The first-order valence-electron chi connectivity index (χ1n) is 6.76. The quantitative estimate of drug-likeness (QED) is 0.735. The van der Waals surface area contributed by atoms with Crippen molar-refractivity contribution >= 4 is 0 Å². The summed E-state index contributed by atoms with van der Waals surface area (Å²) in [5.41, 5.74) is 0.391. The SMILES string of the molecule is C/C=C/CCN1CC(C)(C2CC2)NCC1C. The van der Waals surface area contributed by atoms with Gasteiger partial charge in [-0.25, -0.2) is 0 Å². The lowest BCUT2D eigenvalue weighted by molar-refractivity contribution is 0.0850. The van der Waals surface area contributed by atoms with Crippen LogP contribution in [0.2, 0.25) is 0 Å². The highest BCUT2D eigenvalue weighted by Crippen LogP contribution is 2.41. The molecule has 2 unspecified atom stereocenters. The number of piperazine rings is 1. The predicted octanol–water partition coefficient (Wildman–Crippen LogP) is 2.42. The average molecular weight is 222 g/mol. The molecule has 0 aromatic heterocycles. The van der Waals surface area contributed by atoms with Crippen LogP contribution >= 0.6 is 0 Å². The van der Waals surface area contributed by atoms with E-state index in [4.69, 9.17) is 0 Å². The second kappa shape index (κ2) is 4.89. The number of allylic oxidation sites excluding steroid dienone is 1. The number of rotatable bonds is 4. The van der Waals surface area contributed by atoms with Crippen LogP contribution < -0.4 is 5.32 Å². The Morgan fingerprint density at radius 1 is 1.44 bits per heavy atom. The van der Waals surface area contributed by atoms with Crippen LogP contribution in [0.15, 0.2) is 12.2 Å². The molecule has 2 aliphatic rings. The smallest absolute Gasteiger partial charge is 0.0309 e. The Morgan fingerprint density at radius 3 is 2.81 bits per heavy atom. The normalized spacial score (nSPS) is 37.1. The molecule has 1 N–H and O–H groups in total. The van der Waals surface area contributed by atoms with Gasteiger partial charge >= 0.3 is 0 Å². The van der Waals surface area contributed by atoms with E-state index >= 15 is 0 Å². The molecule has 0 spiro atoms. The first-order chi connectivity index (χ1) is 7.65. The minimum absolute atomic E-state index is 0.391. The fraction of sp³-hybridized carbons (Fsp3) is 0.857. The molecule has 0 bridgehead atoms. The van der Waals surface area contributed by atoms with Gasteiger partial charge in [0.05, 0.1) is 0 Å². The first kappa shape index (κ1) is 12.1. The van der Waals surface area contributed by atoms with Gasteiger partial charge in [-0.3, -0.25) is 4.90 Å². The van der Waals surface area contributed by atoms with E-state index in [0.717, 1.165) is 12.5 Å². The van der Waals surface area contributed by atoms with Crippen LogP contribution in [0.5, 0.6) is 0 Å². The first-order valence-corrected chi connectivity index (χ1v) is 6.76. The largest absolute Gasteiger partial charge is 0.308 e. The maximum absolute atomic E-state index is 3.77. The van der Waals surface area contributed by atoms with Crippen LogP contribution in [0.3, 0.4) is 0 Å². The molecule has 1 aliphatic heterocycles. The summed E-state index contributed by atoms with van der Waals surface area (Å²) in [5, 5.41) is 3.77. The molecule has 2 heteroatoms. The second-order valence-electron chi connectivity index (χ2n) is 5.75. The highest BCUT2D eigenvalue weighted by atomic mass is 15.2. The van der Waals surface area contributed by atoms with Crippen LogP contribution in [-0.4, -0.2) is 36.1 Å². The maximum Gasteiger partial charge on any atom is 0.0309 e. The topological polar surface area (TPSA) is 15.3 Å². The van der Waals surface area contributed by atoms with Crippen molar-refractivity contribution in [3.05, 3.63) is 12.2 Å². The number of nitrogens with one attached hydrogen (secondary N) is 1. The van der Waals surface area contributed by atoms with Crippen LogP contribution in [0.25, 0.3) is 0 Å². The Labute approximate surface area is 100 Å². The lowest BCUT2D eigenvalue weighted by Gasteiger charge is -2.45. The van der Waals surface area contributed by atoms with Crippen molar-refractivity contribution < 1.29 is 0 Å². The van der Waals surface area contributed by atoms with Gasteiger partial charge in [-0.2, -0.15) is 0 Å². The summed E-state index contributed by atoms with van der Waals surface area (Å²) < 4.78 is 0. The highest BCUT2D eigenvalue weighted by molar-refractivity contribution is 5.03. The molecule has 1 saturated carbocycles. The molecule has 0 amide bonds. The molecule has 16 heavy (non-hydrogen) atoms. The maximum atomic E-state index is 3.77. The molecule has 2 nitrogen and oxygen atoms in total. The molecule has 2 rings (SSSR count). The van der Waals surface area contributed by atoms with Crippen molar-refractivity contribution in [2.75, 3.05) is 19.6 Å². The molecular weight excluding hydrogens is 196 g/mol. The molecule has 2 fully saturated rings. The summed E-state index contributed by atoms with van der Waals surface area (Å²) >= 11 is 0. The van der Waals surface area contributed by atoms with E-state index in [1.807, 2.05) is 0 Å². The van der Waals surface area contributed by atoms with Gasteiger partial charge in [-0.05, 0) is 46.0 Å². The van der Waals surface area contributed by atoms with E-state index in [1.54, 1.807) is 0 Å². The van der Waals surface area contributed by atoms with Crippen LogP contribution in [0.4, 0.5) is 0 Å². The third-order valence-electron chi connectivity index (χ3n) is 4.25. The van der Waals surface area contributed by atoms with Crippen molar-refractivity contribution in [2.24, 2.45) is 5.92 Å². The second-order valence-corrected chi connectivity index (χ2v) is 5.75. The molecule has 0 radical (unpaired) electrons. The molecule has 0 aromatic rings. The standard InChI is InChI=1S/C14H26N2/c1-4-5-6-9-16-11-14(3,13-7-8-13)15-10-12(16)2/h4-5,12-13,15H,6-11H2,1-3H3/b5-4+. The van der Waals surface area contributed by atoms with Crippen LogP contribution in [0, 0.1) is 5.92 Å². The van der Waals surface area contributed by atoms with E-state index in [1.165, 1.54) is 32.4 Å². The zero-order valence-corrected chi connectivity index (χ0v) is 11.0. The summed E-state index contributed by atoms with van der Waals surface area (Å²) in [6.07, 6.45) is 8.50. The fourth-order valence-corrected chi connectivity index (χ4v) is 2.84. The van der Waals surface area contributed by atoms with Crippen LogP contribution in [-0.2, 0) is 0 Å². The third kappa shape index (κ3) is 2.67. The highest BCUT2D eigenvalue weighted by Gasteiger charge is 2.44. The van der Waals surface area contributed by atoms with Crippen LogP contribution in [0.1, 0.15) is 40.0 Å². The minimum Gasteiger partial charge on any atom is -0.308 e. The molecule has 2 atom stereocenters. The lowest BCUT2D eigenvalue weighted by Crippen LogP contribution is -2.63. The minimum atomic E-state index is 0.391. The van der Waals surface area contributed by atoms with Gasteiger partial charge in [-0.15, -0.1) is 0 Å². The summed E-state index contributed by atoms with van der Waals surface area (Å²) in [5.74, 6) is 0.934. The summed E-state index contributed by atoms with van der Waals surface area (Å²) in [7, 11) is 0. The van der Waals surface area contributed by atoms with Gasteiger partial charge in [0.1, 0.15) is 0 Å². The van der Waals surface area contributed by atoms with Crippen molar-refractivity contribution in [3.63, 3.8) is 0 Å². The Balaban J connectivity index is 1.89. The Hall–Kier alpha value is -0.340. The van der Waals surface area contributed by atoms with Gasteiger partial charge in [0.15, 0.2) is 0 Å². The summed E-state index contributed by atoms with van der Waals surface area (Å²) in [4.78, 5) is 2.66. The van der Waals surface area contributed by atoms with Gasteiger partial charge in [0.2, 0.25) is 0 Å². The Bertz CT molecular complexity index is 257. The third-order valence-corrected chi connectivity index (χ3v) is 4.25. The number of nitrogens with zero attached hydrogens (tertiary/aromatic N) is 1. The lowest BCUT2D eigenvalue weighted by atomic mass is 9.91. The van der Waals surface area contributed by atoms with Crippen molar-refractivity contribution in [1.82, 2.24) is 10.2 Å². The molecule has 1 heterocycles. The summed E-state index contributed by atoms with van der Waals surface area (Å²) in [6, 6.07) is 0.692. The van der Waals surface area contributed by atoms with Crippen molar-refractivity contribution in [1.29, 1.82) is 0 Å². The number of hydrogen-bond donors (Lipinski definition) is 1. The Morgan fingerprint density at radius 2 is 2.19 bits per heavy atom. The van der Waals surface area contributed by atoms with Gasteiger partial charge in [0.25, 0.3) is 0 Å².